The Morgan fingerprint density at radius 2 is 1.65 bits per heavy atom. The summed E-state index contributed by atoms with van der Waals surface area (Å²) in [5.74, 6) is 0.0615. The molecule has 0 unspecified atom stereocenters. The molecule has 1 saturated heterocycles. The Bertz CT molecular complexity index is 1700. The Morgan fingerprint density at radius 3 is 2.30 bits per heavy atom. The normalized spacial score (nSPS) is 17.5. The number of imidazole rings is 2. The zero-order valence-electron chi connectivity index (χ0n) is 33.7. The lowest BCUT2D eigenvalue weighted by Gasteiger charge is -2.34. The van der Waals surface area contributed by atoms with Gasteiger partial charge in [-0.1, -0.05) is 74.2 Å². The molecule has 5 rings (SSSR count). The maximum atomic E-state index is 14.3. The number of piperidine rings is 1. The Hall–Kier alpha value is -4.57. The van der Waals surface area contributed by atoms with Crippen LogP contribution >= 0.6 is 11.8 Å². The minimum absolute atomic E-state index is 0.104. The summed E-state index contributed by atoms with van der Waals surface area (Å²) >= 11 is 1.56. The highest BCUT2D eigenvalue weighted by Crippen LogP contribution is 2.29. The Balaban J connectivity index is 1.27. The molecule has 0 bridgehead atoms. The first-order valence-electron chi connectivity index (χ1n) is 20.3. The molecular weight excluding hydrogens is 747 g/mol. The first kappa shape index (κ1) is 43.6. The molecule has 2 fully saturated rings. The second-order valence-electron chi connectivity index (χ2n) is 16.3. The molecule has 2 aliphatic rings. The van der Waals surface area contributed by atoms with Crippen LogP contribution in [0.25, 0.3) is 0 Å². The summed E-state index contributed by atoms with van der Waals surface area (Å²) in [5, 5.41) is 24.3. The number of H-pyrrole nitrogens is 1. The second kappa shape index (κ2) is 21.3. The number of rotatable bonds is 17. The maximum absolute atomic E-state index is 14.3. The number of likely N-dealkylation sites (tertiary alicyclic amines) is 1. The van der Waals surface area contributed by atoms with Gasteiger partial charge in [0.2, 0.25) is 11.8 Å². The maximum Gasteiger partial charge on any atom is 0.407 e. The quantitative estimate of drug-likeness (QED) is 0.107. The molecule has 2 aromatic heterocycles. The highest BCUT2D eigenvalue weighted by molar-refractivity contribution is 7.99. The number of alkyl carbamates (subject to hydrolysis) is 1. The third-order valence-electron chi connectivity index (χ3n) is 10.5. The van der Waals surface area contributed by atoms with Crippen molar-refractivity contribution in [3.05, 3.63) is 66.5 Å². The fourth-order valence-electron chi connectivity index (χ4n) is 7.43. The van der Waals surface area contributed by atoms with E-state index >= 15 is 0 Å². The van der Waals surface area contributed by atoms with Crippen molar-refractivity contribution < 1.29 is 29.0 Å². The molecule has 0 spiro atoms. The zero-order chi connectivity index (χ0) is 40.8. The lowest BCUT2D eigenvalue weighted by atomic mass is 9.83. The van der Waals surface area contributed by atoms with Gasteiger partial charge in [0, 0.05) is 63.4 Å². The van der Waals surface area contributed by atoms with E-state index in [1.165, 1.54) is 12.7 Å². The number of carbonyl (C=O) groups excluding carboxylic acids is 4. The predicted molar refractivity (Wildman–Crippen MR) is 218 cm³/mol. The third-order valence-corrected chi connectivity index (χ3v) is 11.6. The van der Waals surface area contributed by atoms with Crippen molar-refractivity contribution in [2.45, 2.75) is 132 Å². The summed E-state index contributed by atoms with van der Waals surface area (Å²) in [4.78, 5) is 67.8. The molecule has 6 N–H and O–H groups in total. The highest BCUT2D eigenvalue weighted by Gasteiger charge is 2.33. The van der Waals surface area contributed by atoms with Crippen molar-refractivity contribution >= 4 is 35.7 Å². The topological polar surface area (TPSA) is 196 Å². The number of nitrogens with zero attached hydrogens (tertiary/aromatic N) is 4. The number of aryl methyl sites for hydroxylation is 1. The van der Waals surface area contributed by atoms with E-state index in [9.17, 15) is 24.3 Å². The van der Waals surface area contributed by atoms with Gasteiger partial charge in [-0.2, -0.15) is 0 Å². The highest BCUT2D eigenvalue weighted by atomic mass is 32.2. The number of thioether (sulfide) groups is 1. The minimum Gasteiger partial charge on any atom is -0.444 e. The number of nitrogens with one attached hydrogen (secondary N) is 5. The van der Waals surface area contributed by atoms with Crippen LogP contribution < -0.4 is 21.3 Å². The van der Waals surface area contributed by atoms with Crippen molar-refractivity contribution in [3.8, 4) is 0 Å². The van der Waals surface area contributed by atoms with Gasteiger partial charge >= 0.3 is 12.1 Å². The van der Waals surface area contributed by atoms with E-state index < -0.39 is 53.8 Å². The van der Waals surface area contributed by atoms with Crippen LogP contribution in [0.15, 0.2) is 60.4 Å². The van der Waals surface area contributed by atoms with Gasteiger partial charge in [-0.05, 0) is 57.9 Å². The monoisotopic (exact) mass is 807 g/mol. The van der Waals surface area contributed by atoms with E-state index in [0.717, 1.165) is 36.4 Å². The predicted octanol–water partition coefficient (Wildman–Crippen LogP) is 4.48. The van der Waals surface area contributed by atoms with Crippen LogP contribution in [0.2, 0.25) is 0 Å². The first-order chi connectivity index (χ1) is 27.3. The van der Waals surface area contributed by atoms with E-state index in [2.05, 4.69) is 36.2 Å². The van der Waals surface area contributed by atoms with Gasteiger partial charge in [-0.15, -0.1) is 0 Å². The van der Waals surface area contributed by atoms with Crippen molar-refractivity contribution in [1.29, 1.82) is 0 Å². The molecule has 15 nitrogen and oxygen atoms in total. The van der Waals surface area contributed by atoms with Crippen molar-refractivity contribution in [3.63, 3.8) is 0 Å². The molecule has 1 saturated carbocycles. The second-order valence-corrected chi connectivity index (χ2v) is 17.4. The number of aliphatic hydroxyl groups excluding tert-OH is 1. The van der Waals surface area contributed by atoms with Gasteiger partial charge in [0.1, 0.15) is 17.7 Å². The fraction of sp³-hybridized carbons (Fsp3) is 0.610. The third kappa shape index (κ3) is 14.4. The number of aromatic nitrogens is 4. The summed E-state index contributed by atoms with van der Waals surface area (Å²) in [6.07, 6.45) is 13.5. The van der Waals surface area contributed by atoms with Crippen molar-refractivity contribution in [2.24, 2.45) is 13.0 Å². The molecule has 312 valence electrons. The van der Waals surface area contributed by atoms with Crippen LogP contribution in [-0.2, 0) is 34.2 Å². The van der Waals surface area contributed by atoms with Crippen LogP contribution in [0.4, 0.5) is 9.59 Å². The van der Waals surface area contributed by atoms with Crippen LogP contribution in [0.1, 0.15) is 89.8 Å². The number of hydrogen-bond acceptors (Lipinski definition) is 9. The largest absolute Gasteiger partial charge is 0.444 e. The van der Waals surface area contributed by atoms with Gasteiger partial charge in [0.25, 0.3) is 0 Å². The standard InChI is InChI=1S/C41H61N9O6S/c1-41(2,3)56-40(55)45-30-15-19-50(20-16-30)38(54)48-33(24-29-13-9-6-10-14-29)36(52)47-34(25-31-26-42-27-44-31)37(53)46-32(23-28-11-7-5-8-12-28)35(51)17-22-57-39-43-18-21-49(39)4/h6,9-10,13-14,18,21,26-28,30,32-35,51H,5,7-8,11-12,15-17,19-20,22-25H2,1-4H3,(H,42,44)(H,45,55)(H,46,53)(H,47,52)(H,48,54)/t32-,33-,34-,35-/m0/s1. The number of aromatic amines is 1. The minimum atomic E-state index is -1.03. The molecule has 3 heterocycles. The zero-order valence-corrected chi connectivity index (χ0v) is 34.6. The molecule has 0 radical (unpaired) electrons. The van der Waals surface area contributed by atoms with E-state index in [4.69, 9.17) is 4.74 Å². The van der Waals surface area contributed by atoms with Crippen LogP contribution in [-0.4, -0.2) is 108 Å². The molecule has 1 aliphatic heterocycles. The fourth-order valence-corrected chi connectivity index (χ4v) is 8.38. The molecule has 5 amide bonds. The molecule has 3 aromatic rings. The summed E-state index contributed by atoms with van der Waals surface area (Å²) in [5.41, 5.74) is 0.803. The number of urea groups is 1. The van der Waals surface area contributed by atoms with Crippen LogP contribution in [0, 0.1) is 5.92 Å². The van der Waals surface area contributed by atoms with Crippen LogP contribution in [0.3, 0.4) is 0 Å². The number of hydrogen-bond donors (Lipinski definition) is 6. The average Bonchev–Trinajstić information content (AvgIpc) is 3.85. The van der Waals surface area contributed by atoms with E-state index in [1.54, 1.807) is 49.8 Å². The van der Waals surface area contributed by atoms with E-state index in [0.29, 0.717) is 56.1 Å². The number of aliphatic hydroxyl groups is 1. The van der Waals surface area contributed by atoms with Gasteiger partial charge < -0.3 is 45.6 Å². The Kier molecular flexibility index (Phi) is 16.2. The lowest BCUT2D eigenvalue weighted by Crippen LogP contribution is -2.59. The smallest absolute Gasteiger partial charge is 0.407 e. The number of carbonyl (C=O) groups is 4. The summed E-state index contributed by atoms with van der Waals surface area (Å²) in [6.45, 7) is 6.17. The molecular formula is C41H61N9O6S. The summed E-state index contributed by atoms with van der Waals surface area (Å²) in [7, 11) is 1.93. The summed E-state index contributed by atoms with van der Waals surface area (Å²) in [6, 6.07) is 6.29. The van der Waals surface area contributed by atoms with Gasteiger partial charge in [-0.3, -0.25) is 9.59 Å². The van der Waals surface area contributed by atoms with Crippen molar-refractivity contribution in [1.82, 2.24) is 45.7 Å². The molecule has 57 heavy (non-hydrogen) atoms. The Morgan fingerprint density at radius 1 is 0.947 bits per heavy atom. The molecule has 1 aromatic carbocycles. The van der Waals surface area contributed by atoms with E-state index in [-0.39, 0.29) is 18.9 Å². The van der Waals surface area contributed by atoms with Crippen LogP contribution in [0.5, 0.6) is 0 Å². The first-order valence-corrected chi connectivity index (χ1v) is 21.3. The molecule has 4 atom stereocenters. The van der Waals surface area contributed by atoms with Gasteiger partial charge in [-0.25, -0.2) is 19.6 Å². The van der Waals surface area contributed by atoms with Gasteiger partial charge in [0.15, 0.2) is 5.16 Å². The molecule has 1 aliphatic carbocycles. The number of ether oxygens (including phenoxy) is 1. The van der Waals surface area contributed by atoms with Gasteiger partial charge in [0.05, 0.1) is 24.2 Å². The van der Waals surface area contributed by atoms with Crippen molar-refractivity contribution in [2.75, 3.05) is 18.8 Å². The molecule has 16 heteroatoms. The summed E-state index contributed by atoms with van der Waals surface area (Å²) < 4.78 is 7.33. The number of amides is 5. The SMILES string of the molecule is Cn1ccnc1SCC[C@H](O)[C@H](CC1CCCCC1)NC(=O)[C@H](Cc1c[nH]cn1)NC(=O)[C@H](Cc1ccccc1)NC(=O)N1CCC(NC(=O)OC(C)(C)C)CC1. The lowest BCUT2D eigenvalue weighted by molar-refractivity contribution is -0.130. The average molecular weight is 808 g/mol. The van der Waals surface area contributed by atoms with E-state index in [1.807, 2.05) is 48.1 Å². The number of benzene rings is 1. The Labute approximate surface area is 340 Å².